The molecule has 1 amide bonds. The average molecular weight is 294 g/mol. The van der Waals surface area contributed by atoms with E-state index < -0.39 is 0 Å². The SMILES string of the molecule is COCCN(C(=O)c1cccc(N)c1C)C1CCSC1. The van der Waals surface area contributed by atoms with Gasteiger partial charge in [0, 0.05) is 36.7 Å². The molecule has 0 aromatic heterocycles. The number of hydrogen-bond donors (Lipinski definition) is 1. The molecule has 4 nitrogen and oxygen atoms in total. The summed E-state index contributed by atoms with van der Waals surface area (Å²) in [5, 5.41) is 0. The van der Waals surface area contributed by atoms with Gasteiger partial charge < -0.3 is 15.4 Å². The highest BCUT2D eigenvalue weighted by Crippen LogP contribution is 2.25. The monoisotopic (exact) mass is 294 g/mol. The summed E-state index contributed by atoms with van der Waals surface area (Å²) in [5.41, 5.74) is 8.16. The van der Waals surface area contributed by atoms with Crippen molar-refractivity contribution in [1.82, 2.24) is 4.90 Å². The van der Waals surface area contributed by atoms with Crippen LogP contribution in [0.1, 0.15) is 22.3 Å². The number of ether oxygens (including phenoxy) is 1. The van der Waals surface area contributed by atoms with Crippen molar-refractivity contribution in [1.29, 1.82) is 0 Å². The summed E-state index contributed by atoms with van der Waals surface area (Å²) in [6.07, 6.45) is 1.06. The highest BCUT2D eigenvalue weighted by molar-refractivity contribution is 7.99. The van der Waals surface area contributed by atoms with Crippen LogP contribution < -0.4 is 5.73 Å². The van der Waals surface area contributed by atoms with E-state index in [1.165, 1.54) is 0 Å². The van der Waals surface area contributed by atoms with Crippen molar-refractivity contribution in [3.8, 4) is 0 Å². The molecule has 0 spiro atoms. The smallest absolute Gasteiger partial charge is 0.254 e. The summed E-state index contributed by atoms with van der Waals surface area (Å²) in [5.74, 6) is 2.20. The van der Waals surface area contributed by atoms with Crippen molar-refractivity contribution >= 4 is 23.4 Å². The highest BCUT2D eigenvalue weighted by Gasteiger charge is 2.28. The third kappa shape index (κ3) is 3.27. The van der Waals surface area contributed by atoms with Gasteiger partial charge in [0.2, 0.25) is 0 Å². The maximum absolute atomic E-state index is 12.8. The predicted molar refractivity (Wildman–Crippen MR) is 84.2 cm³/mol. The van der Waals surface area contributed by atoms with Gasteiger partial charge in [-0.3, -0.25) is 4.79 Å². The second kappa shape index (κ2) is 6.99. The standard InChI is InChI=1S/C15H22N2O2S/c1-11-13(4-3-5-14(11)16)15(18)17(7-8-19-2)12-6-9-20-10-12/h3-5,12H,6-10,16H2,1-2H3. The first-order valence-corrected chi connectivity index (χ1v) is 8.03. The third-order valence-corrected chi connectivity index (χ3v) is 4.89. The molecule has 2 N–H and O–H groups in total. The molecule has 0 radical (unpaired) electrons. The van der Waals surface area contributed by atoms with Gasteiger partial charge in [-0.1, -0.05) is 6.07 Å². The summed E-state index contributed by atoms with van der Waals surface area (Å²) in [4.78, 5) is 14.8. The molecule has 1 atom stereocenters. The van der Waals surface area contributed by atoms with E-state index in [1.54, 1.807) is 7.11 Å². The van der Waals surface area contributed by atoms with Crippen molar-refractivity contribution in [2.75, 3.05) is 37.5 Å². The molecule has 110 valence electrons. The number of carbonyl (C=O) groups excluding carboxylic acids is 1. The molecular weight excluding hydrogens is 272 g/mol. The van der Waals surface area contributed by atoms with E-state index in [2.05, 4.69) is 0 Å². The van der Waals surface area contributed by atoms with Crippen molar-refractivity contribution in [3.05, 3.63) is 29.3 Å². The van der Waals surface area contributed by atoms with Crippen molar-refractivity contribution in [2.24, 2.45) is 0 Å². The Morgan fingerprint density at radius 2 is 2.35 bits per heavy atom. The Bertz CT molecular complexity index is 473. The van der Waals surface area contributed by atoms with E-state index >= 15 is 0 Å². The molecule has 2 rings (SSSR count). The minimum absolute atomic E-state index is 0.0688. The number of thioether (sulfide) groups is 1. The number of nitrogens with zero attached hydrogens (tertiary/aromatic N) is 1. The second-order valence-electron chi connectivity index (χ2n) is 5.03. The van der Waals surface area contributed by atoms with Crippen molar-refractivity contribution in [3.63, 3.8) is 0 Å². The minimum atomic E-state index is 0.0688. The zero-order valence-corrected chi connectivity index (χ0v) is 12.9. The molecule has 1 aliphatic heterocycles. The number of nitrogens with two attached hydrogens (primary N) is 1. The Kier molecular flexibility index (Phi) is 5.31. The van der Waals surface area contributed by atoms with Gasteiger partial charge in [0.05, 0.1) is 6.61 Å². The summed E-state index contributed by atoms with van der Waals surface area (Å²) in [6, 6.07) is 5.84. The maximum atomic E-state index is 12.8. The lowest BCUT2D eigenvalue weighted by Gasteiger charge is -2.29. The van der Waals surface area contributed by atoms with Crippen LogP contribution in [0.15, 0.2) is 18.2 Å². The lowest BCUT2D eigenvalue weighted by Crippen LogP contribution is -2.42. The van der Waals surface area contributed by atoms with Crippen LogP contribution in [-0.2, 0) is 4.74 Å². The Balaban J connectivity index is 2.22. The van der Waals surface area contributed by atoms with E-state index in [4.69, 9.17) is 10.5 Å². The molecule has 1 aromatic rings. The van der Waals surface area contributed by atoms with Gasteiger partial charge in [-0.2, -0.15) is 11.8 Å². The van der Waals surface area contributed by atoms with Crippen LogP contribution >= 0.6 is 11.8 Å². The van der Waals surface area contributed by atoms with Gasteiger partial charge in [-0.25, -0.2) is 0 Å². The zero-order chi connectivity index (χ0) is 14.5. The number of carbonyl (C=O) groups is 1. The van der Waals surface area contributed by atoms with Crippen LogP contribution in [0.4, 0.5) is 5.69 Å². The fourth-order valence-electron chi connectivity index (χ4n) is 2.45. The van der Waals surface area contributed by atoms with Crippen LogP contribution in [0.5, 0.6) is 0 Å². The Morgan fingerprint density at radius 3 is 3.00 bits per heavy atom. The molecule has 1 aliphatic rings. The van der Waals surface area contributed by atoms with Gasteiger partial charge in [0.15, 0.2) is 0 Å². The molecule has 20 heavy (non-hydrogen) atoms. The molecular formula is C15H22N2O2S. The first-order chi connectivity index (χ1) is 9.65. The van der Waals surface area contributed by atoms with Crippen molar-refractivity contribution < 1.29 is 9.53 Å². The van der Waals surface area contributed by atoms with Crippen LogP contribution in [-0.4, -0.2) is 48.6 Å². The number of rotatable bonds is 5. The number of anilines is 1. The fourth-order valence-corrected chi connectivity index (χ4v) is 3.67. The summed E-state index contributed by atoms with van der Waals surface area (Å²) >= 11 is 1.90. The van der Waals surface area contributed by atoms with E-state index in [1.807, 2.05) is 41.8 Å². The quantitative estimate of drug-likeness (QED) is 0.846. The molecule has 1 aromatic carbocycles. The maximum Gasteiger partial charge on any atom is 0.254 e. The van der Waals surface area contributed by atoms with Gasteiger partial charge in [-0.15, -0.1) is 0 Å². The number of nitrogen functional groups attached to an aromatic ring is 1. The number of benzene rings is 1. The first kappa shape index (κ1) is 15.2. The van der Waals surface area contributed by atoms with Crippen LogP contribution in [0.25, 0.3) is 0 Å². The zero-order valence-electron chi connectivity index (χ0n) is 12.1. The summed E-state index contributed by atoms with van der Waals surface area (Å²) in [7, 11) is 1.66. The molecule has 1 heterocycles. The van der Waals surface area contributed by atoms with Crippen LogP contribution in [0, 0.1) is 6.92 Å². The molecule has 1 unspecified atom stereocenters. The van der Waals surface area contributed by atoms with Gasteiger partial charge >= 0.3 is 0 Å². The van der Waals surface area contributed by atoms with E-state index in [9.17, 15) is 4.79 Å². The topological polar surface area (TPSA) is 55.6 Å². The normalized spacial score (nSPS) is 18.2. The Morgan fingerprint density at radius 1 is 1.55 bits per heavy atom. The molecule has 5 heteroatoms. The second-order valence-corrected chi connectivity index (χ2v) is 6.18. The lowest BCUT2D eigenvalue weighted by atomic mass is 10.0. The van der Waals surface area contributed by atoms with E-state index in [-0.39, 0.29) is 5.91 Å². The Hall–Kier alpha value is -1.20. The summed E-state index contributed by atoms with van der Waals surface area (Å²) < 4.78 is 5.15. The Labute approximate surface area is 124 Å². The summed E-state index contributed by atoms with van der Waals surface area (Å²) in [6.45, 7) is 3.10. The van der Waals surface area contributed by atoms with Crippen LogP contribution in [0.2, 0.25) is 0 Å². The fraction of sp³-hybridized carbons (Fsp3) is 0.533. The third-order valence-electron chi connectivity index (χ3n) is 3.75. The first-order valence-electron chi connectivity index (χ1n) is 6.88. The van der Waals surface area contributed by atoms with Crippen LogP contribution in [0.3, 0.4) is 0 Å². The number of amides is 1. The molecule has 0 saturated carbocycles. The van der Waals surface area contributed by atoms with Gasteiger partial charge in [0.25, 0.3) is 5.91 Å². The van der Waals surface area contributed by atoms with E-state index in [0.717, 1.165) is 23.5 Å². The number of hydrogen-bond acceptors (Lipinski definition) is 4. The number of methoxy groups -OCH3 is 1. The molecule has 0 bridgehead atoms. The van der Waals surface area contributed by atoms with Crippen molar-refractivity contribution in [2.45, 2.75) is 19.4 Å². The lowest BCUT2D eigenvalue weighted by molar-refractivity contribution is 0.0624. The largest absolute Gasteiger partial charge is 0.398 e. The van der Waals surface area contributed by atoms with Gasteiger partial charge in [0.1, 0.15) is 0 Å². The van der Waals surface area contributed by atoms with Gasteiger partial charge in [-0.05, 0) is 36.8 Å². The molecule has 0 aliphatic carbocycles. The highest BCUT2D eigenvalue weighted by atomic mass is 32.2. The average Bonchev–Trinajstić information content (AvgIpc) is 2.96. The molecule has 1 fully saturated rings. The minimum Gasteiger partial charge on any atom is -0.398 e. The predicted octanol–water partition coefficient (Wildman–Crippen LogP) is 2.17. The molecule has 1 saturated heterocycles. The van der Waals surface area contributed by atoms with E-state index in [0.29, 0.717) is 30.4 Å².